The Hall–Kier alpha value is -4.23. The van der Waals surface area contributed by atoms with Crippen molar-refractivity contribution in [1.82, 2.24) is 9.80 Å². The molecule has 4 aromatic carbocycles. The quantitative estimate of drug-likeness (QED) is 0.146. The van der Waals surface area contributed by atoms with Gasteiger partial charge in [0.25, 0.3) is 0 Å². The Morgan fingerprint density at radius 1 is 1.06 bits per heavy atom. The lowest BCUT2D eigenvalue weighted by Gasteiger charge is -2.40. The van der Waals surface area contributed by atoms with Gasteiger partial charge in [-0.2, -0.15) is 13.2 Å². The number of amides is 1. The zero-order valence-corrected chi connectivity index (χ0v) is 28.8. The number of likely N-dealkylation sites (tertiary alicyclic amines) is 1. The third kappa shape index (κ3) is 9.29. The molecule has 1 amide bonds. The Bertz CT molecular complexity index is 2600. The average molecular weight is 767 g/mol. The van der Waals surface area contributed by atoms with E-state index in [0.29, 0.717) is 27.1 Å². The summed E-state index contributed by atoms with van der Waals surface area (Å²) in [6, 6.07) is 7.88. The zero-order valence-electron chi connectivity index (χ0n) is 42.9. The molecule has 0 spiro atoms. The largest absolute Gasteiger partial charge is 0.416 e. The minimum absolute atomic E-state index is 0.164. The van der Waals surface area contributed by atoms with Crippen LogP contribution in [0.25, 0.3) is 11.1 Å². The standard InChI is InChI=1S/C41H42F5N3O3S/c1-27-6-15-36-34(22-27)37(50)23-39(53-26-31-4-3-5-35(42)40(31)43)49(36)25-38(51)48(33-16-18-47(19-17-33)20-21-52-2)24-28-7-9-29(10-8-28)30-11-13-32(14-12-30)41(44,45)46/h3-15,22-23,33,37,50H,16-21,24-26H2,1-2H3/i2D3,6D,15D,20D2,21D2,22D,23D,24D2,25D2. The van der Waals surface area contributed by atoms with E-state index >= 15 is 4.79 Å². The molecule has 6 nitrogen and oxygen atoms in total. The molecule has 1 unspecified atom stereocenters. The molecule has 53 heavy (non-hydrogen) atoms. The number of nitrogens with zero attached hydrogens (tertiary/aromatic N) is 3. The van der Waals surface area contributed by atoms with E-state index in [-0.39, 0.29) is 22.3 Å². The SMILES string of the molecule is [2H]C1=C(SCc2cccc(F)c2F)N(C([2H])([2H])C(=O)N(C2CCN(C([2H])([2H])C([2H])([2H])OC([2H])([2H])[2H])CC2)C([2H])([2H])c2ccc(-c3ccc(C(F)(F)F)cc3)cc2)c2c([2H])c([2H])c(C)c([2H])c2C1O. The number of rotatable bonds is 12. The molecule has 0 aromatic heterocycles. The van der Waals surface area contributed by atoms with Gasteiger partial charge in [0.1, 0.15) is 12.6 Å². The number of aliphatic hydroxyl groups excluding tert-OH is 1. The third-order valence-electron chi connectivity index (χ3n) is 8.49. The summed E-state index contributed by atoms with van der Waals surface area (Å²) < 4.78 is 203. The molecule has 0 saturated carbocycles. The van der Waals surface area contributed by atoms with Crippen LogP contribution in [0.3, 0.4) is 0 Å². The molecule has 0 bridgehead atoms. The van der Waals surface area contributed by atoms with Gasteiger partial charge in [-0.15, -0.1) is 11.8 Å². The smallest absolute Gasteiger partial charge is 0.384 e. The number of benzene rings is 4. The first-order valence-electron chi connectivity index (χ1n) is 23.7. The van der Waals surface area contributed by atoms with Crippen molar-refractivity contribution in [2.75, 3.05) is 44.6 Å². The van der Waals surface area contributed by atoms with Crippen molar-refractivity contribution in [3.05, 3.63) is 135 Å². The molecule has 2 aliphatic rings. The highest BCUT2D eigenvalue weighted by atomic mass is 32.2. The Kier molecular flexibility index (Phi) is 7.48. The molecule has 12 heteroatoms. The first-order chi connectivity index (χ1) is 31.3. The number of piperidine rings is 1. The van der Waals surface area contributed by atoms with Crippen molar-refractivity contribution in [2.24, 2.45) is 0 Å². The molecular weight excluding hydrogens is 710 g/mol. The number of aliphatic hydroxyl groups is 1. The maximum absolute atomic E-state index is 15.4. The molecule has 1 fully saturated rings. The first kappa shape index (κ1) is 23.5. The predicted octanol–water partition coefficient (Wildman–Crippen LogP) is 8.73. The van der Waals surface area contributed by atoms with Crippen LogP contribution in [0.15, 0.2) is 95.9 Å². The summed E-state index contributed by atoms with van der Waals surface area (Å²) in [6.07, 6.45) is -7.57. The van der Waals surface area contributed by atoms with Gasteiger partial charge in [0, 0.05) is 64.5 Å². The van der Waals surface area contributed by atoms with Crippen molar-refractivity contribution in [2.45, 2.75) is 50.3 Å². The van der Waals surface area contributed by atoms with Gasteiger partial charge in [-0.05, 0) is 66.7 Å². The normalized spacial score (nSPS) is 22.4. The van der Waals surface area contributed by atoms with Gasteiger partial charge < -0.3 is 24.5 Å². The van der Waals surface area contributed by atoms with Crippen LogP contribution in [0.1, 0.15) is 67.3 Å². The minimum Gasteiger partial charge on any atom is -0.384 e. The lowest BCUT2D eigenvalue weighted by atomic mass is 9.99. The number of hydrogen-bond donors (Lipinski definition) is 1. The number of methoxy groups -OCH3 is 1. The van der Waals surface area contributed by atoms with Crippen LogP contribution in [0.4, 0.5) is 27.6 Å². The summed E-state index contributed by atoms with van der Waals surface area (Å²) in [7, 11) is -3.37. The number of anilines is 1. The summed E-state index contributed by atoms with van der Waals surface area (Å²) in [6.45, 7) is -13.1. The highest BCUT2D eigenvalue weighted by Gasteiger charge is 2.33. The van der Waals surface area contributed by atoms with Crippen molar-refractivity contribution < 1.29 is 57.2 Å². The van der Waals surface area contributed by atoms with Crippen LogP contribution in [-0.2, 0) is 28.0 Å². The highest BCUT2D eigenvalue weighted by molar-refractivity contribution is 8.02. The number of carbonyl (C=O) groups excluding carboxylic acids is 1. The van der Waals surface area contributed by atoms with Crippen LogP contribution in [0.2, 0.25) is 0 Å². The molecule has 2 aliphatic heterocycles. The van der Waals surface area contributed by atoms with E-state index in [1.165, 1.54) is 55.5 Å². The molecule has 0 aliphatic carbocycles. The fourth-order valence-corrected chi connectivity index (χ4v) is 6.75. The summed E-state index contributed by atoms with van der Waals surface area (Å²) >= 11 is 0.431. The molecule has 6 rings (SSSR count). The van der Waals surface area contributed by atoms with Crippen molar-refractivity contribution in [3.63, 3.8) is 0 Å². The van der Waals surface area contributed by atoms with Gasteiger partial charge in [-0.1, -0.05) is 66.2 Å². The van der Waals surface area contributed by atoms with Crippen LogP contribution in [0, 0.1) is 18.6 Å². The summed E-state index contributed by atoms with van der Waals surface area (Å²) in [5.74, 6) is -4.88. The molecule has 1 atom stereocenters. The Balaban J connectivity index is 1.48. The van der Waals surface area contributed by atoms with Gasteiger partial charge in [-0.3, -0.25) is 4.79 Å². The van der Waals surface area contributed by atoms with Crippen LogP contribution >= 0.6 is 11.8 Å². The molecule has 2 heterocycles. The zero-order chi connectivity index (χ0) is 50.9. The molecule has 1 saturated heterocycles. The van der Waals surface area contributed by atoms with E-state index in [4.69, 9.17) is 15.1 Å². The lowest BCUT2D eigenvalue weighted by Crippen LogP contribution is -2.50. The van der Waals surface area contributed by atoms with Gasteiger partial charge in [0.05, 0.1) is 35.0 Å². The second kappa shape index (κ2) is 16.8. The van der Waals surface area contributed by atoms with E-state index in [0.717, 1.165) is 23.1 Å². The van der Waals surface area contributed by atoms with Gasteiger partial charge in [-0.25, -0.2) is 8.78 Å². The molecule has 4 aromatic rings. The lowest BCUT2D eigenvalue weighted by molar-refractivity contribution is -0.137. The van der Waals surface area contributed by atoms with Crippen LogP contribution < -0.4 is 4.90 Å². The fraction of sp³-hybridized carbons (Fsp3) is 0.341. The number of hydrogen-bond acceptors (Lipinski definition) is 6. The molecule has 1 N–H and O–H groups in total. The topological polar surface area (TPSA) is 56.3 Å². The maximum atomic E-state index is 15.4. The maximum Gasteiger partial charge on any atom is 0.416 e. The summed E-state index contributed by atoms with van der Waals surface area (Å²) in [4.78, 5) is 17.1. The number of alkyl halides is 3. The Morgan fingerprint density at radius 3 is 2.43 bits per heavy atom. The summed E-state index contributed by atoms with van der Waals surface area (Å²) in [5.41, 5.74) is -2.43. The monoisotopic (exact) mass is 766 g/mol. The predicted molar refractivity (Wildman–Crippen MR) is 198 cm³/mol. The first-order valence-corrected chi connectivity index (χ1v) is 17.2. The number of ether oxygens (including phenoxy) is 1. The van der Waals surface area contributed by atoms with E-state index in [1.54, 1.807) is 0 Å². The van der Waals surface area contributed by atoms with E-state index in [1.807, 2.05) is 0 Å². The molecule has 0 radical (unpaired) electrons. The van der Waals surface area contributed by atoms with Gasteiger partial charge in [0.15, 0.2) is 11.6 Å². The Labute approximate surface area is 331 Å². The second-order valence-corrected chi connectivity index (χ2v) is 13.0. The van der Waals surface area contributed by atoms with Crippen LogP contribution in [-0.4, -0.2) is 66.5 Å². The van der Waals surface area contributed by atoms with Gasteiger partial charge >= 0.3 is 6.18 Å². The molecular formula is C41H42F5N3O3S. The van der Waals surface area contributed by atoms with E-state index < -0.39 is 147 Å². The second-order valence-electron chi connectivity index (χ2n) is 12.0. The fourth-order valence-electron chi connectivity index (χ4n) is 5.77. The number of fused-ring (bicyclic) bond motifs is 1. The van der Waals surface area contributed by atoms with Crippen molar-refractivity contribution >= 4 is 23.4 Å². The third-order valence-corrected chi connectivity index (χ3v) is 9.52. The summed E-state index contributed by atoms with van der Waals surface area (Å²) in [5, 5.41) is 10.8. The van der Waals surface area contributed by atoms with Crippen molar-refractivity contribution in [1.29, 1.82) is 0 Å². The van der Waals surface area contributed by atoms with E-state index in [9.17, 15) is 32.5 Å². The number of carbonyl (C=O) groups is 1. The van der Waals surface area contributed by atoms with Crippen LogP contribution in [0.5, 0.6) is 0 Å². The van der Waals surface area contributed by atoms with Crippen molar-refractivity contribution in [3.8, 4) is 11.1 Å². The molecule has 280 valence electrons. The number of thioether (sulfide) groups is 1. The average Bonchev–Trinajstić information content (AvgIpc) is 3.25. The minimum atomic E-state index is -4.63. The Morgan fingerprint density at radius 2 is 1.75 bits per heavy atom. The van der Waals surface area contributed by atoms with E-state index in [2.05, 4.69) is 4.74 Å². The van der Waals surface area contributed by atoms with Gasteiger partial charge in [0.2, 0.25) is 5.91 Å². The number of halogens is 5. The highest BCUT2D eigenvalue weighted by Crippen LogP contribution is 2.41.